The molecule has 0 bridgehead atoms. The molecule has 37 heavy (non-hydrogen) atoms. The van der Waals surface area contributed by atoms with Gasteiger partial charge < -0.3 is 19.7 Å². The van der Waals surface area contributed by atoms with Crippen molar-refractivity contribution in [3.05, 3.63) is 93.8 Å². The second-order valence-corrected chi connectivity index (χ2v) is 9.06. The highest BCUT2D eigenvalue weighted by Crippen LogP contribution is 2.25. The number of hydrogen-bond acceptors (Lipinski definition) is 6. The Labute approximate surface area is 210 Å². The van der Waals surface area contributed by atoms with Crippen LogP contribution in [0.1, 0.15) is 27.9 Å². The van der Waals surface area contributed by atoms with Gasteiger partial charge in [0.25, 0.3) is 11.5 Å². The summed E-state index contributed by atoms with van der Waals surface area (Å²) < 4.78 is 36.6. The first-order chi connectivity index (χ1) is 17.8. The van der Waals surface area contributed by atoms with Crippen LogP contribution in [0, 0.1) is 18.6 Å². The van der Waals surface area contributed by atoms with E-state index in [9.17, 15) is 14.7 Å². The van der Waals surface area contributed by atoms with Gasteiger partial charge in [-0.2, -0.15) is 0 Å². The van der Waals surface area contributed by atoms with Gasteiger partial charge in [-0.15, -0.1) is 0 Å². The number of nitrogens with one attached hydrogen (secondary N) is 1. The zero-order valence-electron chi connectivity index (χ0n) is 19.9. The lowest BCUT2D eigenvalue weighted by molar-refractivity contribution is -0.0260. The number of halogens is 2. The van der Waals surface area contributed by atoms with Gasteiger partial charge in [-0.05, 0) is 54.8 Å². The van der Waals surface area contributed by atoms with Crippen molar-refractivity contribution < 1.29 is 23.4 Å². The Balaban J connectivity index is 1.53. The molecule has 0 radical (unpaired) electrons. The van der Waals surface area contributed by atoms with Crippen LogP contribution in [0.25, 0.3) is 22.0 Å². The van der Waals surface area contributed by atoms with Gasteiger partial charge in [0.15, 0.2) is 0 Å². The average Bonchev–Trinajstić information content (AvgIpc) is 2.88. The van der Waals surface area contributed by atoms with Crippen molar-refractivity contribution in [1.82, 2.24) is 19.9 Å². The molecule has 10 heteroatoms. The number of aryl methyl sites for hydroxylation is 1. The van der Waals surface area contributed by atoms with Crippen molar-refractivity contribution in [2.45, 2.75) is 32.0 Å². The minimum absolute atomic E-state index is 0.0529. The summed E-state index contributed by atoms with van der Waals surface area (Å²) >= 11 is 0. The van der Waals surface area contributed by atoms with Gasteiger partial charge >= 0.3 is 0 Å². The molecular formula is C27H24F2N4O4. The fourth-order valence-electron chi connectivity index (χ4n) is 4.45. The van der Waals surface area contributed by atoms with E-state index < -0.39 is 41.8 Å². The van der Waals surface area contributed by atoms with Crippen molar-refractivity contribution in [3.63, 3.8) is 0 Å². The standard InChI is InChI=1S/C27H24F2N4O4/c1-15-7-17(11-30-10-15)16-8-21(28)19(22(29)9-16)12-33-13-20(25-18(27(33)36)3-2-5-31-25)26(35)32-23-4-6-37-14-24(23)34/h2-3,5,7-11,13,23-24,34H,4,6,12,14H2,1H3,(H,32,35)/t23-,24-/m0/s1. The average molecular weight is 507 g/mol. The highest BCUT2D eigenvalue weighted by Gasteiger charge is 2.27. The molecule has 5 rings (SSSR count). The van der Waals surface area contributed by atoms with Crippen molar-refractivity contribution in [2.24, 2.45) is 0 Å². The number of hydrogen-bond donors (Lipinski definition) is 2. The number of benzene rings is 1. The van der Waals surface area contributed by atoms with Crippen molar-refractivity contribution in [1.29, 1.82) is 0 Å². The minimum Gasteiger partial charge on any atom is -0.389 e. The molecule has 8 nitrogen and oxygen atoms in total. The summed E-state index contributed by atoms with van der Waals surface area (Å²) in [5.41, 5.74) is 1.08. The number of amides is 1. The second kappa shape index (κ2) is 10.2. The number of fused-ring (bicyclic) bond motifs is 1. The van der Waals surface area contributed by atoms with E-state index >= 15 is 8.78 Å². The molecule has 1 aliphatic rings. The quantitative estimate of drug-likeness (QED) is 0.431. The molecule has 190 valence electrons. The van der Waals surface area contributed by atoms with Crippen LogP contribution in [-0.2, 0) is 11.3 Å². The molecule has 1 saturated heterocycles. The molecule has 1 aliphatic heterocycles. The number of aliphatic hydroxyl groups excluding tert-OH is 1. The first-order valence-electron chi connectivity index (χ1n) is 11.8. The number of pyridine rings is 3. The van der Waals surface area contributed by atoms with Gasteiger partial charge in [0.05, 0.1) is 41.8 Å². The van der Waals surface area contributed by atoms with Crippen molar-refractivity contribution in [2.75, 3.05) is 13.2 Å². The van der Waals surface area contributed by atoms with Gasteiger partial charge in [0.2, 0.25) is 0 Å². The molecule has 4 aromatic rings. The summed E-state index contributed by atoms with van der Waals surface area (Å²) in [6, 6.07) is 6.66. The predicted molar refractivity (Wildman–Crippen MR) is 132 cm³/mol. The highest BCUT2D eigenvalue weighted by atomic mass is 19.1. The van der Waals surface area contributed by atoms with E-state index in [1.165, 1.54) is 36.8 Å². The Morgan fingerprint density at radius 3 is 2.73 bits per heavy atom. The van der Waals surface area contributed by atoms with E-state index in [2.05, 4.69) is 15.3 Å². The summed E-state index contributed by atoms with van der Waals surface area (Å²) in [6.07, 6.45) is 5.38. The molecule has 1 fully saturated rings. The topological polar surface area (TPSA) is 106 Å². The number of carbonyl (C=O) groups is 1. The fourth-order valence-corrected chi connectivity index (χ4v) is 4.45. The predicted octanol–water partition coefficient (Wildman–Crippen LogP) is 2.97. The van der Waals surface area contributed by atoms with E-state index in [4.69, 9.17) is 4.74 Å². The third-order valence-electron chi connectivity index (χ3n) is 6.40. The fraction of sp³-hybridized carbons (Fsp3) is 0.259. The molecule has 2 N–H and O–H groups in total. The maximum Gasteiger partial charge on any atom is 0.260 e. The number of aromatic nitrogens is 3. The third-order valence-corrected chi connectivity index (χ3v) is 6.40. The summed E-state index contributed by atoms with van der Waals surface area (Å²) in [6.45, 7) is 1.87. The normalized spacial score (nSPS) is 17.6. The van der Waals surface area contributed by atoms with Crippen LogP contribution < -0.4 is 10.9 Å². The maximum atomic E-state index is 15.1. The Hall–Kier alpha value is -4.02. The highest BCUT2D eigenvalue weighted by molar-refractivity contribution is 6.05. The maximum absolute atomic E-state index is 15.1. The molecule has 0 spiro atoms. The van der Waals surface area contributed by atoms with Crippen LogP contribution in [-0.4, -0.2) is 50.9 Å². The SMILES string of the molecule is Cc1cncc(-c2cc(F)c(Cn3cc(C(=O)N[C@H]4CCOC[C@@H]4O)c4ncccc4c3=O)c(F)c2)c1. The largest absolute Gasteiger partial charge is 0.389 e. The van der Waals surface area contributed by atoms with E-state index in [0.29, 0.717) is 24.2 Å². The first-order valence-corrected chi connectivity index (χ1v) is 11.8. The minimum atomic E-state index is -0.881. The Kier molecular flexibility index (Phi) is 6.77. The Morgan fingerprint density at radius 2 is 2.00 bits per heavy atom. The molecular weight excluding hydrogens is 482 g/mol. The molecule has 4 heterocycles. The van der Waals surface area contributed by atoms with Gasteiger partial charge in [0, 0.05) is 42.5 Å². The summed E-state index contributed by atoms with van der Waals surface area (Å²) in [5, 5.41) is 13.0. The first kappa shape index (κ1) is 24.7. The summed E-state index contributed by atoms with van der Waals surface area (Å²) in [5.74, 6) is -2.22. The van der Waals surface area contributed by atoms with Crippen molar-refractivity contribution >= 4 is 16.8 Å². The monoisotopic (exact) mass is 506 g/mol. The van der Waals surface area contributed by atoms with Crippen LogP contribution in [0.4, 0.5) is 8.78 Å². The van der Waals surface area contributed by atoms with E-state index in [0.717, 1.165) is 10.1 Å². The number of aliphatic hydroxyl groups is 1. The molecule has 0 aliphatic carbocycles. The molecule has 1 amide bonds. The molecule has 1 aromatic carbocycles. The van der Waals surface area contributed by atoms with Crippen LogP contribution in [0.3, 0.4) is 0 Å². The van der Waals surface area contributed by atoms with Crippen LogP contribution in [0.15, 0.2) is 59.9 Å². The zero-order chi connectivity index (χ0) is 26.1. The van der Waals surface area contributed by atoms with Crippen LogP contribution in [0.2, 0.25) is 0 Å². The lowest BCUT2D eigenvalue weighted by Crippen LogP contribution is -2.48. The van der Waals surface area contributed by atoms with Gasteiger partial charge in [-0.1, -0.05) is 0 Å². The number of nitrogens with zero attached hydrogens (tertiary/aromatic N) is 3. The second-order valence-electron chi connectivity index (χ2n) is 9.06. The van der Waals surface area contributed by atoms with Crippen molar-refractivity contribution in [3.8, 4) is 11.1 Å². The van der Waals surface area contributed by atoms with Gasteiger partial charge in [-0.25, -0.2) is 8.78 Å². The van der Waals surface area contributed by atoms with E-state index in [1.54, 1.807) is 18.3 Å². The number of rotatable bonds is 5. The molecule has 0 saturated carbocycles. The lowest BCUT2D eigenvalue weighted by Gasteiger charge is -2.28. The molecule has 0 unspecified atom stereocenters. The lowest BCUT2D eigenvalue weighted by atomic mass is 10.0. The number of carbonyl (C=O) groups excluding carboxylic acids is 1. The van der Waals surface area contributed by atoms with Crippen LogP contribution in [0.5, 0.6) is 0 Å². The smallest absolute Gasteiger partial charge is 0.260 e. The molecule has 3 aromatic heterocycles. The van der Waals surface area contributed by atoms with Gasteiger partial charge in [-0.3, -0.25) is 19.6 Å². The molecule has 2 atom stereocenters. The third kappa shape index (κ3) is 4.98. The van der Waals surface area contributed by atoms with Gasteiger partial charge in [0.1, 0.15) is 11.6 Å². The zero-order valence-corrected chi connectivity index (χ0v) is 19.9. The van der Waals surface area contributed by atoms with Crippen LogP contribution >= 0.6 is 0 Å². The Bertz CT molecular complexity index is 1530. The Morgan fingerprint density at radius 1 is 1.22 bits per heavy atom. The van der Waals surface area contributed by atoms with E-state index in [1.807, 2.05) is 6.92 Å². The summed E-state index contributed by atoms with van der Waals surface area (Å²) in [7, 11) is 0. The summed E-state index contributed by atoms with van der Waals surface area (Å²) in [4.78, 5) is 34.6. The number of ether oxygens (including phenoxy) is 1. The van der Waals surface area contributed by atoms with E-state index in [-0.39, 0.29) is 28.6 Å².